The molecule has 1 aromatic heterocycles. The number of nitrogens with zero attached hydrogens (tertiary/aromatic N) is 1. The minimum absolute atomic E-state index is 0.152. The van der Waals surface area contributed by atoms with Crippen LogP contribution < -0.4 is 10.1 Å². The Morgan fingerprint density at radius 3 is 2.35 bits per heavy atom. The van der Waals surface area contributed by atoms with Gasteiger partial charge in [-0.2, -0.15) is 0 Å². The third-order valence-corrected chi connectivity index (χ3v) is 7.65. The summed E-state index contributed by atoms with van der Waals surface area (Å²) in [7, 11) is 0. The normalized spacial score (nSPS) is 18.1. The van der Waals surface area contributed by atoms with Crippen molar-refractivity contribution in [3.8, 4) is 17.0 Å². The number of benzene rings is 1. The van der Waals surface area contributed by atoms with Crippen LogP contribution in [0.5, 0.6) is 5.75 Å². The molecule has 2 aromatic rings. The van der Waals surface area contributed by atoms with E-state index in [1.165, 1.54) is 25.0 Å². The van der Waals surface area contributed by atoms with Crippen LogP contribution in [0.3, 0.4) is 0 Å². The van der Waals surface area contributed by atoms with Crippen molar-refractivity contribution in [1.82, 2.24) is 9.88 Å². The first-order chi connectivity index (χ1) is 16.2. The predicted molar refractivity (Wildman–Crippen MR) is 130 cm³/mol. The highest BCUT2D eigenvalue weighted by atomic mass is 79.9. The van der Waals surface area contributed by atoms with E-state index >= 15 is 0 Å². The molecule has 4 nitrogen and oxygen atoms in total. The van der Waals surface area contributed by atoms with Gasteiger partial charge in [0.1, 0.15) is 5.75 Å². The van der Waals surface area contributed by atoms with Gasteiger partial charge in [-0.1, -0.05) is 54.5 Å². The van der Waals surface area contributed by atoms with Gasteiger partial charge in [-0.15, -0.1) is 13.2 Å². The molecule has 1 aromatic carbocycles. The summed E-state index contributed by atoms with van der Waals surface area (Å²) < 4.78 is 46.6. The van der Waals surface area contributed by atoms with Crippen LogP contribution >= 0.6 is 15.9 Å². The number of ether oxygens (including phenoxy) is 1. The average molecular weight is 541 g/mol. The van der Waals surface area contributed by atoms with E-state index < -0.39 is 6.36 Å². The van der Waals surface area contributed by atoms with Gasteiger partial charge in [-0.25, -0.2) is 0 Å². The van der Waals surface area contributed by atoms with Crippen molar-refractivity contribution in [2.24, 2.45) is 5.92 Å². The lowest BCUT2D eigenvalue weighted by atomic mass is 9.89. The molecule has 0 bridgehead atoms. The van der Waals surface area contributed by atoms with Crippen molar-refractivity contribution in [3.05, 3.63) is 40.0 Å². The van der Waals surface area contributed by atoms with Crippen LogP contribution in [0.1, 0.15) is 80.3 Å². The quantitative estimate of drug-likeness (QED) is 0.406. The minimum atomic E-state index is -4.81. The van der Waals surface area contributed by atoms with E-state index in [1.54, 1.807) is 12.1 Å². The molecule has 2 aliphatic rings. The first-order valence-corrected chi connectivity index (χ1v) is 13.1. The van der Waals surface area contributed by atoms with Gasteiger partial charge in [-0.05, 0) is 62.8 Å². The van der Waals surface area contributed by atoms with Crippen molar-refractivity contribution in [1.29, 1.82) is 0 Å². The molecule has 34 heavy (non-hydrogen) atoms. The number of hydrogen-bond acceptors (Lipinski definition) is 2. The number of carbonyl (C=O) groups is 1. The highest BCUT2D eigenvalue weighted by Gasteiger charge is 2.33. The number of hydrogen-bond donors (Lipinski definition) is 1. The molecule has 0 aliphatic heterocycles. The third-order valence-electron chi connectivity index (χ3n) is 7.16. The Hall–Kier alpha value is -1.96. The molecule has 0 unspecified atom stereocenters. The maximum atomic E-state index is 13.3. The largest absolute Gasteiger partial charge is 0.573 e. The lowest BCUT2D eigenvalue weighted by Gasteiger charge is -2.25. The predicted octanol–water partition coefficient (Wildman–Crippen LogP) is 7.77. The molecule has 1 N–H and O–H groups in total. The zero-order chi connectivity index (χ0) is 24.3. The molecule has 1 amide bonds. The second-order valence-electron chi connectivity index (χ2n) is 9.64. The molecule has 0 atom stereocenters. The molecule has 0 saturated heterocycles. The van der Waals surface area contributed by atoms with Gasteiger partial charge in [-0.3, -0.25) is 4.79 Å². The first-order valence-electron chi connectivity index (χ1n) is 12.3. The SMILES string of the molecule is Cc1c(C(=O)NC2CCCCC2)cc(-c2cc(Br)ccc2OC(F)(F)F)n1CC1CCCCC1. The molecule has 0 spiro atoms. The summed E-state index contributed by atoms with van der Waals surface area (Å²) >= 11 is 3.39. The molecule has 2 aliphatic carbocycles. The summed E-state index contributed by atoms with van der Waals surface area (Å²) in [5, 5.41) is 3.16. The number of rotatable bonds is 6. The number of alkyl halides is 3. The monoisotopic (exact) mass is 540 g/mol. The van der Waals surface area contributed by atoms with Crippen LogP contribution in [0.4, 0.5) is 13.2 Å². The average Bonchev–Trinajstić information content (AvgIpc) is 3.11. The highest BCUT2D eigenvalue weighted by Crippen LogP contribution is 2.39. The van der Waals surface area contributed by atoms with E-state index in [1.807, 2.05) is 11.5 Å². The molecule has 4 rings (SSSR count). The Labute approximate surface area is 207 Å². The van der Waals surface area contributed by atoms with Crippen molar-refractivity contribution >= 4 is 21.8 Å². The minimum Gasteiger partial charge on any atom is -0.405 e. The van der Waals surface area contributed by atoms with E-state index in [0.717, 1.165) is 57.1 Å². The Bertz CT molecular complexity index is 1010. The third kappa shape index (κ3) is 6.18. The molecule has 186 valence electrons. The standard InChI is InChI=1S/C26H32BrF3N2O2/c1-17-21(25(33)31-20-10-6-3-7-11-20)15-23(32(17)16-18-8-4-2-5-9-18)22-14-19(27)12-13-24(22)34-26(28,29)30/h12-15,18,20H,2-11,16H2,1H3,(H,31,33). The lowest BCUT2D eigenvalue weighted by molar-refractivity contribution is -0.274. The summed E-state index contributed by atoms with van der Waals surface area (Å²) in [5.41, 5.74) is 2.21. The summed E-state index contributed by atoms with van der Waals surface area (Å²) in [6.45, 7) is 2.57. The maximum absolute atomic E-state index is 13.3. The van der Waals surface area contributed by atoms with Crippen LogP contribution in [0.2, 0.25) is 0 Å². The van der Waals surface area contributed by atoms with Crippen molar-refractivity contribution in [2.75, 3.05) is 0 Å². The zero-order valence-electron chi connectivity index (χ0n) is 19.5. The molecule has 8 heteroatoms. The van der Waals surface area contributed by atoms with E-state index in [0.29, 0.717) is 33.8 Å². The summed E-state index contributed by atoms with van der Waals surface area (Å²) in [6, 6.07) is 6.38. The van der Waals surface area contributed by atoms with Gasteiger partial charge in [0.15, 0.2) is 0 Å². The van der Waals surface area contributed by atoms with Gasteiger partial charge in [0.2, 0.25) is 0 Å². The maximum Gasteiger partial charge on any atom is 0.573 e. The van der Waals surface area contributed by atoms with Crippen molar-refractivity contribution < 1.29 is 22.7 Å². The first kappa shape index (κ1) is 25.1. The fraction of sp³-hybridized carbons (Fsp3) is 0.577. The van der Waals surface area contributed by atoms with Crippen LogP contribution in [0.15, 0.2) is 28.7 Å². The van der Waals surface area contributed by atoms with E-state index in [-0.39, 0.29) is 17.7 Å². The van der Waals surface area contributed by atoms with Crippen LogP contribution in [0.25, 0.3) is 11.3 Å². The van der Waals surface area contributed by atoms with E-state index in [4.69, 9.17) is 0 Å². The van der Waals surface area contributed by atoms with E-state index in [9.17, 15) is 18.0 Å². The molecule has 2 fully saturated rings. The second-order valence-corrected chi connectivity index (χ2v) is 10.6. The highest BCUT2D eigenvalue weighted by molar-refractivity contribution is 9.10. The Kier molecular flexibility index (Phi) is 7.95. The molecular formula is C26H32BrF3N2O2. The van der Waals surface area contributed by atoms with Crippen LogP contribution in [-0.4, -0.2) is 22.9 Å². The zero-order valence-corrected chi connectivity index (χ0v) is 21.1. The van der Waals surface area contributed by atoms with Gasteiger partial charge >= 0.3 is 6.36 Å². The topological polar surface area (TPSA) is 43.3 Å². The number of carbonyl (C=O) groups excluding carboxylic acids is 1. The van der Waals surface area contributed by atoms with Crippen LogP contribution in [-0.2, 0) is 6.54 Å². The van der Waals surface area contributed by atoms with Crippen LogP contribution in [0, 0.1) is 12.8 Å². The van der Waals surface area contributed by atoms with Crippen molar-refractivity contribution in [3.63, 3.8) is 0 Å². The fourth-order valence-corrected chi connectivity index (χ4v) is 5.75. The van der Waals surface area contributed by atoms with Gasteiger partial charge in [0.05, 0.1) is 11.3 Å². The Morgan fingerprint density at radius 1 is 1.06 bits per heavy atom. The molecule has 2 saturated carbocycles. The smallest absolute Gasteiger partial charge is 0.405 e. The molecule has 0 radical (unpaired) electrons. The lowest BCUT2D eigenvalue weighted by Crippen LogP contribution is -2.36. The Balaban J connectivity index is 1.74. The Morgan fingerprint density at radius 2 is 1.71 bits per heavy atom. The van der Waals surface area contributed by atoms with E-state index in [2.05, 4.69) is 26.0 Å². The number of aromatic nitrogens is 1. The number of nitrogens with one attached hydrogen (secondary N) is 1. The second kappa shape index (κ2) is 10.8. The van der Waals surface area contributed by atoms with Crippen molar-refractivity contribution in [2.45, 2.75) is 90.1 Å². The molecule has 1 heterocycles. The van der Waals surface area contributed by atoms with Gasteiger partial charge in [0, 0.05) is 28.3 Å². The summed E-state index contributed by atoms with van der Waals surface area (Å²) in [5.74, 6) is 0.0191. The summed E-state index contributed by atoms with van der Waals surface area (Å²) in [6.07, 6.45) is 6.25. The summed E-state index contributed by atoms with van der Waals surface area (Å²) in [4.78, 5) is 13.3. The fourth-order valence-electron chi connectivity index (χ4n) is 5.39. The number of halogens is 4. The van der Waals surface area contributed by atoms with Gasteiger partial charge < -0.3 is 14.6 Å². The molecular weight excluding hydrogens is 509 g/mol. The van der Waals surface area contributed by atoms with Gasteiger partial charge in [0.25, 0.3) is 5.91 Å². The number of amides is 1.